The van der Waals surface area contributed by atoms with Gasteiger partial charge in [0.2, 0.25) is 0 Å². The molecule has 0 aliphatic carbocycles. The number of hydrogen-bond donors (Lipinski definition) is 2. The van der Waals surface area contributed by atoms with Gasteiger partial charge in [0.1, 0.15) is 0 Å². The molecular formula is C13H21NO3. The molecule has 4 nitrogen and oxygen atoms in total. The van der Waals surface area contributed by atoms with Crippen LogP contribution in [0.5, 0.6) is 0 Å². The molecule has 1 rings (SSSR count). The first-order valence-corrected chi connectivity index (χ1v) is 6.07. The summed E-state index contributed by atoms with van der Waals surface area (Å²) >= 11 is 0. The van der Waals surface area contributed by atoms with Crippen LogP contribution in [0.1, 0.15) is 38.7 Å². The van der Waals surface area contributed by atoms with Crippen molar-refractivity contribution in [3.05, 3.63) is 24.2 Å². The van der Waals surface area contributed by atoms with E-state index >= 15 is 0 Å². The number of hydrogen-bond acceptors (Lipinski definition) is 3. The largest absolute Gasteiger partial charge is 0.481 e. The first-order chi connectivity index (χ1) is 8.09. The molecule has 1 aromatic rings. The number of rotatable bonds is 8. The molecule has 2 N–H and O–H groups in total. The van der Waals surface area contributed by atoms with Crippen molar-refractivity contribution in [3.63, 3.8) is 0 Å². The maximum Gasteiger partial charge on any atom is 0.306 e. The minimum Gasteiger partial charge on any atom is -0.481 e. The zero-order chi connectivity index (χ0) is 12.7. The van der Waals surface area contributed by atoms with Crippen LogP contribution in [0.25, 0.3) is 0 Å². The van der Waals surface area contributed by atoms with Gasteiger partial charge in [-0.1, -0.05) is 13.3 Å². The number of carbonyl (C=O) groups is 1. The standard InChI is InChI=1S/C13H21NO3/c1-10(13(15)16)4-3-5-11(2)14-8-12-6-7-17-9-12/h6-7,9-11,14H,3-5,8H2,1-2H3,(H,15,16). The summed E-state index contributed by atoms with van der Waals surface area (Å²) in [6, 6.07) is 2.33. The Hall–Kier alpha value is -1.29. The van der Waals surface area contributed by atoms with Gasteiger partial charge in [-0.2, -0.15) is 0 Å². The second-order valence-electron chi connectivity index (χ2n) is 4.58. The van der Waals surface area contributed by atoms with Gasteiger partial charge < -0.3 is 14.8 Å². The van der Waals surface area contributed by atoms with Crippen LogP contribution in [0, 0.1) is 5.92 Å². The van der Waals surface area contributed by atoms with E-state index in [1.165, 1.54) is 0 Å². The molecule has 0 fully saturated rings. The molecule has 0 saturated carbocycles. The van der Waals surface area contributed by atoms with Gasteiger partial charge in [-0.15, -0.1) is 0 Å². The van der Waals surface area contributed by atoms with Gasteiger partial charge in [-0.05, 0) is 25.8 Å². The SMILES string of the molecule is CC(CCCC(C)C(=O)O)NCc1ccoc1. The fourth-order valence-electron chi connectivity index (χ4n) is 1.64. The van der Waals surface area contributed by atoms with Crippen molar-refractivity contribution in [3.8, 4) is 0 Å². The van der Waals surface area contributed by atoms with Gasteiger partial charge in [0.25, 0.3) is 0 Å². The van der Waals surface area contributed by atoms with Gasteiger partial charge in [0, 0.05) is 18.2 Å². The minimum atomic E-state index is -0.705. The molecule has 0 aliphatic rings. The molecule has 2 atom stereocenters. The van der Waals surface area contributed by atoms with Gasteiger partial charge in [-0.25, -0.2) is 0 Å². The van der Waals surface area contributed by atoms with Crippen LogP contribution in [-0.2, 0) is 11.3 Å². The van der Waals surface area contributed by atoms with Crippen LogP contribution in [0.4, 0.5) is 0 Å². The lowest BCUT2D eigenvalue weighted by molar-refractivity contribution is -0.141. The van der Waals surface area contributed by atoms with Gasteiger partial charge in [-0.3, -0.25) is 4.79 Å². The Morgan fingerprint density at radius 2 is 2.24 bits per heavy atom. The molecule has 1 aromatic heterocycles. The molecule has 0 bridgehead atoms. The molecule has 4 heteroatoms. The summed E-state index contributed by atoms with van der Waals surface area (Å²) in [4.78, 5) is 10.6. The van der Waals surface area contributed by atoms with Crippen LogP contribution in [0.15, 0.2) is 23.0 Å². The first-order valence-electron chi connectivity index (χ1n) is 6.07. The highest BCUT2D eigenvalue weighted by atomic mass is 16.4. The molecule has 2 unspecified atom stereocenters. The van der Waals surface area contributed by atoms with E-state index in [1.54, 1.807) is 19.5 Å². The van der Waals surface area contributed by atoms with Crippen molar-refractivity contribution in [2.75, 3.05) is 0 Å². The molecule has 1 heterocycles. The molecule has 0 spiro atoms. The molecule has 0 aliphatic heterocycles. The van der Waals surface area contributed by atoms with Crippen molar-refractivity contribution < 1.29 is 14.3 Å². The van der Waals surface area contributed by atoms with Crippen LogP contribution in [-0.4, -0.2) is 17.1 Å². The summed E-state index contributed by atoms with van der Waals surface area (Å²) in [7, 11) is 0. The van der Waals surface area contributed by atoms with E-state index in [4.69, 9.17) is 9.52 Å². The zero-order valence-electron chi connectivity index (χ0n) is 10.5. The normalized spacial score (nSPS) is 14.5. The minimum absolute atomic E-state index is 0.240. The Morgan fingerprint density at radius 3 is 2.82 bits per heavy atom. The molecule has 0 aromatic carbocycles. The van der Waals surface area contributed by atoms with Crippen molar-refractivity contribution in [2.45, 2.75) is 45.7 Å². The van der Waals surface area contributed by atoms with Crippen LogP contribution in [0.2, 0.25) is 0 Å². The molecule has 96 valence electrons. The Labute approximate surface area is 102 Å². The maximum atomic E-state index is 10.6. The first kappa shape index (κ1) is 13.8. The summed E-state index contributed by atoms with van der Waals surface area (Å²) < 4.78 is 4.98. The fraction of sp³-hybridized carbons (Fsp3) is 0.615. The van der Waals surface area contributed by atoms with Crippen LogP contribution >= 0.6 is 0 Å². The van der Waals surface area contributed by atoms with E-state index in [0.717, 1.165) is 31.4 Å². The predicted molar refractivity (Wildman–Crippen MR) is 65.7 cm³/mol. The van der Waals surface area contributed by atoms with E-state index < -0.39 is 5.97 Å². The molecule has 0 saturated heterocycles. The summed E-state index contributed by atoms with van der Waals surface area (Å²) in [5.41, 5.74) is 1.13. The van der Waals surface area contributed by atoms with Crippen molar-refractivity contribution in [2.24, 2.45) is 5.92 Å². The van der Waals surface area contributed by atoms with Gasteiger partial charge in [0.05, 0.1) is 18.4 Å². The number of carboxylic acids is 1. The van der Waals surface area contributed by atoms with Crippen molar-refractivity contribution >= 4 is 5.97 Å². The zero-order valence-corrected chi connectivity index (χ0v) is 10.5. The number of aliphatic carboxylic acids is 1. The topological polar surface area (TPSA) is 62.5 Å². The summed E-state index contributed by atoms with van der Waals surface area (Å²) in [5.74, 6) is -0.944. The third-order valence-corrected chi connectivity index (χ3v) is 2.93. The van der Waals surface area contributed by atoms with Crippen molar-refractivity contribution in [1.29, 1.82) is 0 Å². The quantitative estimate of drug-likeness (QED) is 0.732. The second-order valence-corrected chi connectivity index (χ2v) is 4.58. The van der Waals surface area contributed by atoms with E-state index in [-0.39, 0.29) is 5.92 Å². The van der Waals surface area contributed by atoms with E-state index in [2.05, 4.69) is 12.2 Å². The third kappa shape index (κ3) is 5.54. The molecular weight excluding hydrogens is 218 g/mol. The van der Waals surface area contributed by atoms with Gasteiger partial charge >= 0.3 is 5.97 Å². The van der Waals surface area contributed by atoms with E-state index in [1.807, 2.05) is 6.07 Å². The lowest BCUT2D eigenvalue weighted by atomic mass is 10.0. The lowest BCUT2D eigenvalue weighted by Gasteiger charge is -2.13. The molecule has 17 heavy (non-hydrogen) atoms. The predicted octanol–water partition coefficient (Wildman–Crippen LogP) is 2.65. The van der Waals surface area contributed by atoms with E-state index in [0.29, 0.717) is 6.04 Å². The Kier molecular flexibility index (Phi) is 5.77. The Balaban J connectivity index is 2.09. The average Bonchev–Trinajstić information content (AvgIpc) is 2.78. The highest BCUT2D eigenvalue weighted by Gasteiger charge is 2.11. The highest BCUT2D eigenvalue weighted by molar-refractivity contribution is 5.69. The molecule has 0 amide bonds. The average molecular weight is 239 g/mol. The Bertz CT molecular complexity index is 321. The second kappa shape index (κ2) is 7.12. The lowest BCUT2D eigenvalue weighted by Crippen LogP contribution is -2.25. The monoisotopic (exact) mass is 239 g/mol. The van der Waals surface area contributed by atoms with Crippen LogP contribution in [0.3, 0.4) is 0 Å². The van der Waals surface area contributed by atoms with Crippen molar-refractivity contribution in [1.82, 2.24) is 5.32 Å². The number of nitrogens with one attached hydrogen (secondary N) is 1. The highest BCUT2D eigenvalue weighted by Crippen LogP contribution is 2.10. The number of carboxylic acid groups (broad SMARTS) is 1. The Morgan fingerprint density at radius 1 is 1.47 bits per heavy atom. The maximum absolute atomic E-state index is 10.6. The summed E-state index contributed by atoms with van der Waals surface area (Å²) in [5, 5.41) is 12.1. The van der Waals surface area contributed by atoms with E-state index in [9.17, 15) is 4.79 Å². The smallest absolute Gasteiger partial charge is 0.306 e. The van der Waals surface area contributed by atoms with Gasteiger partial charge in [0.15, 0.2) is 0 Å². The third-order valence-electron chi connectivity index (χ3n) is 2.93. The summed E-state index contributed by atoms with van der Waals surface area (Å²) in [6.07, 6.45) is 6.07. The number of furan rings is 1. The fourth-order valence-corrected chi connectivity index (χ4v) is 1.64. The molecule has 0 radical (unpaired) electrons. The summed E-state index contributed by atoms with van der Waals surface area (Å²) in [6.45, 7) is 4.67. The van der Waals surface area contributed by atoms with Crippen LogP contribution < -0.4 is 5.32 Å².